The van der Waals surface area contributed by atoms with Gasteiger partial charge in [0.25, 0.3) is 0 Å². The van der Waals surface area contributed by atoms with Gasteiger partial charge in [-0.05, 0) is 77.2 Å². The molecule has 0 fully saturated rings. The predicted octanol–water partition coefficient (Wildman–Crippen LogP) is 6.06. The Morgan fingerprint density at radius 1 is 0.414 bits per heavy atom. The first-order chi connectivity index (χ1) is 14.3. The maximum atomic E-state index is 3.30. The molecule has 0 saturated carbocycles. The highest BCUT2D eigenvalue weighted by Gasteiger charge is 2.18. The normalized spacial score (nSPS) is 10.8. The fourth-order valence-corrected chi connectivity index (χ4v) is 3.66. The first-order valence-corrected chi connectivity index (χ1v) is 9.75. The molecular weight excluding hydrogens is 348 g/mol. The van der Waals surface area contributed by atoms with Gasteiger partial charge in [0, 0.05) is 22.3 Å². The molecule has 5 rings (SSSR count). The standard InChI is InChI=1S/C29H18/c1-3-7-22(8-4-1)11-13-24-15-17-26-21-27-18-16-25(20-29(27)28(26)19-24)14-12-23-9-5-2-6-10-23/h1-10,15-20H,21H2. The lowest BCUT2D eigenvalue weighted by molar-refractivity contribution is 1.26. The van der Waals surface area contributed by atoms with Crippen molar-refractivity contribution in [3.05, 3.63) is 130 Å². The van der Waals surface area contributed by atoms with Gasteiger partial charge in [0.1, 0.15) is 0 Å². The summed E-state index contributed by atoms with van der Waals surface area (Å²) >= 11 is 0. The Bertz CT molecular complexity index is 1200. The summed E-state index contributed by atoms with van der Waals surface area (Å²) in [7, 11) is 0. The number of hydrogen-bond donors (Lipinski definition) is 0. The maximum absolute atomic E-state index is 3.30. The van der Waals surface area contributed by atoms with Crippen LogP contribution in [0.1, 0.15) is 33.4 Å². The van der Waals surface area contributed by atoms with Gasteiger partial charge in [-0.2, -0.15) is 0 Å². The van der Waals surface area contributed by atoms with E-state index in [0.717, 1.165) is 28.7 Å². The van der Waals surface area contributed by atoms with Crippen LogP contribution in [0.25, 0.3) is 11.1 Å². The van der Waals surface area contributed by atoms with Gasteiger partial charge in [0.2, 0.25) is 0 Å². The van der Waals surface area contributed by atoms with E-state index < -0.39 is 0 Å². The highest BCUT2D eigenvalue weighted by molar-refractivity contribution is 5.79. The van der Waals surface area contributed by atoms with Crippen molar-refractivity contribution in [2.75, 3.05) is 0 Å². The van der Waals surface area contributed by atoms with E-state index in [1.165, 1.54) is 22.3 Å². The Kier molecular flexibility index (Phi) is 4.46. The van der Waals surface area contributed by atoms with E-state index in [-0.39, 0.29) is 0 Å². The molecule has 0 heteroatoms. The second kappa shape index (κ2) is 7.55. The van der Waals surface area contributed by atoms with Crippen LogP contribution in [0.3, 0.4) is 0 Å². The third kappa shape index (κ3) is 3.70. The first kappa shape index (κ1) is 17.1. The monoisotopic (exact) mass is 366 g/mol. The van der Waals surface area contributed by atoms with Crippen molar-refractivity contribution < 1.29 is 0 Å². The van der Waals surface area contributed by atoms with E-state index >= 15 is 0 Å². The molecule has 0 saturated heterocycles. The smallest absolute Gasteiger partial charge is 0.0255 e. The molecule has 1 aliphatic carbocycles. The second-order valence-electron chi connectivity index (χ2n) is 7.15. The lowest BCUT2D eigenvalue weighted by atomic mass is 10.0. The van der Waals surface area contributed by atoms with Gasteiger partial charge >= 0.3 is 0 Å². The van der Waals surface area contributed by atoms with Crippen molar-refractivity contribution in [1.29, 1.82) is 0 Å². The van der Waals surface area contributed by atoms with E-state index in [2.05, 4.69) is 60.1 Å². The minimum Gasteiger partial charge on any atom is -0.0622 e. The van der Waals surface area contributed by atoms with Gasteiger partial charge < -0.3 is 0 Å². The van der Waals surface area contributed by atoms with E-state index in [1.807, 2.05) is 60.7 Å². The van der Waals surface area contributed by atoms with Crippen LogP contribution in [0.4, 0.5) is 0 Å². The topological polar surface area (TPSA) is 0 Å². The highest BCUT2D eigenvalue weighted by atomic mass is 14.2. The molecule has 0 atom stereocenters. The molecule has 134 valence electrons. The Morgan fingerprint density at radius 2 is 0.828 bits per heavy atom. The van der Waals surface area contributed by atoms with Crippen LogP contribution in [0.2, 0.25) is 0 Å². The van der Waals surface area contributed by atoms with E-state index in [0.29, 0.717) is 0 Å². The molecule has 4 aromatic rings. The molecule has 0 unspecified atom stereocenters. The van der Waals surface area contributed by atoms with Gasteiger partial charge in [-0.15, -0.1) is 0 Å². The van der Waals surface area contributed by atoms with Crippen molar-refractivity contribution in [2.24, 2.45) is 0 Å². The van der Waals surface area contributed by atoms with Crippen LogP contribution >= 0.6 is 0 Å². The molecule has 0 aromatic heterocycles. The summed E-state index contributed by atoms with van der Waals surface area (Å²) in [5, 5.41) is 0. The zero-order valence-electron chi connectivity index (χ0n) is 15.9. The summed E-state index contributed by atoms with van der Waals surface area (Å²) in [6.45, 7) is 0. The Morgan fingerprint density at radius 3 is 1.28 bits per heavy atom. The lowest BCUT2D eigenvalue weighted by Gasteiger charge is -2.03. The minimum absolute atomic E-state index is 0.976. The summed E-state index contributed by atoms with van der Waals surface area (Å²) in [4.78, 5) is 0. The molecule has 4 aromatic carbocycles. The second-order valence-corrected chi connectivity index (χ2v) is 7.15. The number of hydrogen-bond acceptors (Lipinski definition) is 0. The fraction of sp³-hybridized carbons (Fsp3) is 0.0345. The summed E-state index contributed by atoms with van der Waals surface area (Å²) in [6, 6.07) is 33.3. The van der Waals surface area contributed by atoms with Gasteiger partial charge in [-0.25, -0.2) is 0 Å². The van der Waals surface area contributed by atoms with Gasteiger partial charge in [-0.3, -0.25) is 0 Å². The van der Waals surface area contributed by atoms with E-state index in [9.17, 15) is 0 Å². The van der Waals surface area contributed by atoms with Gasteiger partial charge in [-0.1, -0.05) is 72.2 Å². The Labute approximate surface area is 171 Å². The van der Waals surface area contributed by atoms with Gasteiger partial charge in [0.15, 0.2) is 0 Å². The first-order valence-electron chi connectivity index (χ1n) is 9.75. The van der Waals surface area contributed by atoms with Crippen LogP contribution < -0.4 is 0 Å². The quantitative estimate of drug-likeness (QED) is 0.292. The average molecular weight is 366 g/mol. The third-order valence-electron chi connectivity index (χ3n) is 5.14. The van der Waals surface area contributed by atoms with Crippen LogP contribution in [-0.4, -0.2) is 0 Å². The summed E-state index contributed by atoms with van der Waals surface area (Å²) < 4.78 is 0. The highest BCUT2D eigenvalue weighted by Crippen LogP contribution is 2.37. The van der Waals surface area contributed by atoms with E-state index in [1.54, 1.807) is 0 Å². The molecule has 0 bridgehead atoms. The molecule has 0 heterocycles. The minimum atomic E-state index is 0.976. The van der Waals surface area contributed by atoms with Crippen LogP contribution in [0, 0.1) is 23.7 Å². The molecule has 0 amide bonds. The fourth-order valence-electron chi connectivity index (χ4n) is 3.66. The SMILES string of the molecule is C(#Cc1ccc2c(c1)-c1cc(C#Cc3ccccc3)ccc1C2)c1ccccc1. The molecule has 0 N–H and O–H groups in total. The van der Waals surface area contributed by atoms with Crippen molar-refractivity contribution >= 4 is 0 Å². The molecular formula is C29H18. The molecule has 29 heavy (non-hydrogen) atoms. The maximum Gasteiger partial charge on any atom is 0.0255 e. The molecule has 0 aliphatic heterocycles. The summed E-state index contributed by atoms with van der Waals surface area (Å²) in [6.07, 6.45) is 0.976. The predicted molar refractivity (Wildman–Crippen MR) is 120 cm³/mol. The third-order valence-corrected chi connectivity index (χ3v) is 5.14. The Hall–Kier alpha value is -4.00. The lowest BCUT2D eigenvalue weighted by Crippen LogP contribution is -1.83. The molecule has 0 nitrogen and oxygen atoms in total. The number of fused-ring (bicyclic) bond motifs is 3. The number of benzene rings is 4. The van der Waals surface area contributed by atoms with Crippen LogP contribution in [-0.2, 0) is 6.42 Å². The van der Waals surface area contributed by atoms with Gasteiger partial charge in [0.05, 0.1) is 0 Å². The molecule has 0 radical (unpaired) electrons. The van der Waals surface area contributed by atoms with Crippen LogP contribution in [0.5, 0.6) is 0 Å². The molecule has 0 spiro atoms. The van der Waals surface area contributed by atoms with Crippen molar-refractivity contribution in [3.8, 4) is 34.8 Å². The number of rotatable bonds is 0. The zero-order valence-corrected chi connectivity index (χ0v) is 15.9. The van der Waals surface area contributed by atoms with Crippen molar-refractivity contribution in [3.63, 3.8) is 0 Å². The van der Waals surface area contributed by atoms with Crippen molar-refractivity contribution in [1.82, 2.24) is 0 Å². The largest absolute Gasteiger partial charge is 0.0622 e. The van der Waals surface area contributed by atoms with Crippen LogP contribution in [0.15, 0.2) is 97.1 Å². The van der Waals surface area contributed by atoms with Crippen molar-refractivity contribution in [2.45, 2.75) is 6.42 Å². The van der Waals surface area contributed by atoms with E-state index in [4.69, 9.17) is 0 Å². The molecule has 1 aliphatic rings. The zero-order chi connectivity index (χ0) is 19.5. The average Bonchev–Trinajstić information content (AvgIpc) is 3.15. The summed E-state index contributed by atoms with van der Waals surface area (Å²) in [5.41, 5.74) is 9.43. The Balaban J connectivity index is 1.48. The summed E-state index contributed by atoms with van der Waals surface area (Å²) in [5.74, 6) is 13.1.